The van der Waals surface area contributed by atoms with E-state index in [9.17, 15) is 23.9 Å². The summed E-state index contributed by atoms with van der Waals surface area (Å²) in [6.07, 6.45) is -1.22. The third kappa shape index (κ3) is 6.62. The van der Waals surface area contributed by atoms with Crippen LogP contribution in [0.5, 0.6) is 5.75 Å². The molecular weight excluding hydrogens is 481 g/mol. The fraction of sp³-hybridized carbons (Fsp3) is 0.222. The first-order valence-electron chi connectivity index (χ1n) is 11.6. The van der Waals surface area contributed by atoms with E-state index in [1.165, 1.54) is 0 Å². The van der Waals surface area contributed by atoms with Gasteiger partial charge in [-0.1, -0.05) is 36.4 Å². The van der Waals surface area contributed by atoms with Crippen molar-refractivity contribution < 1.29 is 23.6 Å². The maximum absolute atomic E-state index is 12.4. The van der Waals surface area contributed by atoms with Crippen molar-refractivity contribution in [3.63, 3.8) is 0 Å². The Kier molecular flexibility index (Phi) is 7.99. The molecule has 3 N–H and O–H groups in total. The molecule has 1 heterocycles. The van der Waals surface area contributed by atoms with Crippen LogP contribution in [0.3, 0.4) is 0 Å². The van der Waals surface area contributed by atoms with Crippen molar-refractivity contribution in [3.8, 4) is 16.9 Å². The number of alkyl halides is 1. The summed E-state index contributed by atoms with van der Waals surface area (Å²) >= 11 is 0. The molecule has 3 aromatic carbocycles. The second kappa shape index (κ2) is 11.5. The number of hydrogen-bond acceptors (Lipinski definition) is 6. The molecule has 0 aliphatic rings. The number of nitrogens with zero attached hydrogens (tertiary/aromatic N) is 1. The first-order valence-corrected chi connectivity index (χ1v) is 11.6. The lowest BCUT2D eigenvalue weighted by Gasteiger charge is -2.12. The third-order valence-electron chi connectivity index (χ3n) is 5.69. The second-order valence-electron chi connectivity index (χ2n) is 8.53. The smallest absolute Gasteiger partial charge is 0.440 e. The van der Waals surface area contributed by atoms with Gasteiger partial charge in [0, 0.05) is 12.1 Å². The van der Waals surface area contributed by atoms with E-state index in [4.69, 9.17) is 9.26 Å². The van der Waals surface area contributed by atoms with Gasteiger partial charge in [0.25, 0.3) is 5.91 Å². The number of amides is 1. The van der Waals surface area contributed by atoms with Gasteiger partial charge in [-0.25, -0.2) is 19.0 Å². The van der Waals surface area contributed by atoms with Crippen molar-refractivity contribution in [1.82, 2.24) is 15.0 Å². The summed E-state index contributed by atoms with van der Waals surface area (Å²) in [6, 6.07) is 20.3. The van der Waals surface area contributed by atoms with Crippen molar-refractivity contribution >= 4 is 5.91 Å². The lowest BCUT2D eigenvalue weighted by Crippen LogP contribution is -2.33. The average molecular weight is 508 g/mol. The zero-order valence-corrected chi connectivity index (χ0v) is 20.1. The Balaban J connectivity index is 1.39. The van der Waals surface area contributed by atoms with Crippen LogP contribution in [0.2, 0.25) is 0 Å². The predicted molar refractivity (Wildman–Crippen MR) is 134 cm³/mol. The number of hydrogen-bond donors (Lipinski definition) is 3. The highest BCUT2D eigenvalue weighted by atomic mass is 19.1. The van der Waals surface area contributed by atoms with Crippen molar-refractivity contribution in [1.29, 1.82) is 0 Å². The Hall–Kier alpha value is -4.44. The molecule has 0 bridgehead atoms. The Bertz CT molecular complexity index is 1490. The molecular formula is C27H26FN3O6. The van der Waals surface area contributed by atoms with E-state index in [1.807, 2.05) is 42.2 Å². The van der Waals surface area contributed by atoms with Gasteiger partial charge in [0.2, 0.25) is 0 Å². The molecule has 9 nitrogen and oxygen atoms in total. The number of aliphatic hydroxyl groups excluding tert-OH is 1. The van der Waals surface area contributed by atoms with Gasteiger partial charge >= 0.3 is 11.4 Å². The number of halogens is 1. The number of benzene rings is 3. The number of aromatic amines is 1. The van der Waals surface area contributed by atoms with Gasteiger partial charge in [-0.2, -0.15) is 0 Å². The molecule has 0 saturated carbocycles. The van der Waals surface area contributed by atoms with E-state index in [2.05, 4.69) is 5.32 Å². The summed E-state index contributed by atoms with van der Waals surface area (Å²) in [5.74, 6) is -0.531. The molecule has 4 rings (SSSR count). The quantitative estimate of drug-likeness (QED) is 0.303. The fourth-order valence-electron chi connectivity index (χ4n) is 3.77. The first-order chi connectivity index (χ1) is 17.8. The van der Waals surface area contributed by atoms with Crippen LogP contribution in [0.4, 0.5) is 4.39 Å². The van der Waals surface area contributed by atoms with Crippen molar-refractivity contribution in [3.05, 3.63) is 110 Å². The van der Waals surface area contributed by atoms with Gasteiger partial charge < -0.3 is 19.7 Å². The molecule has 0 aliphatic heterocycles. The van der Waals surface area contributed by atoms with E-state index < -0.39 is 24.2 Å². The molecule has 1 aromatic heterocycles. The Labute approximate surface area is 211 Å². The number of nitrogens with one attached hydrogen (secondary N) is 2. The minimum atomic E-state index is -1.22. The summed E-state index contributed by atoms with van der Waals surface area (Å²) < 4.78 is 24.0. The normalized spacial score (nSPS) is 11.8. The first kappa shape index (κ1) is 25.6. The second-order valence-corrected chi connectivity index (χ2v) is 8.53. The maximum atomic E-state index is 12.4. The molecule has 192 valence electrons. The molecule has 4 aromatic rings. The predicted octanol–water partition coefficient (Wildman–Crippen LogP) is 2.79. The number of aliphatic hydroxyl groups is 1. The van der Waals surface area contributed by atoms with Crippen LogP contribution in [0.25, 0.3) is 11.1 Å². The minimum Gasteiger partial charge on any atom is -0.489 e. The van der Waals surface area contributed by atoms with E-state index in [0.29, 0.717) is 17.9 Å². The van der Waals surface area contributed by atoms with Crippen LogP contribution in [0.15, 0.2) is 80.8 Å². The van der Waals surface area contributed by atoms with E-state index >= 15 is 0 Å². The summed E-state index contributed by atoms with van der Waals surface area (Å²) in [5.41, 5.74) is 4.36. The molecule has 37 heavy (non-hydrogen) atoms. The fourth-order valence-corrected chi connectivity index (χ4v) is 3.77. The van der Waals surface area contributed by atoms with Crippen LogP contribution in [0.1, 0.15) is 27.0 Å². The zero-order chi connectivity index (χ0) is 26.4. The number of carbonyl (C=O) groups is 1. The highest BCUT2D eigenvalue weighted by Gasteiger charge is 2.11. The highest BCUT2D eigenvalue weighted by Crippen LogP contribution is 2.26. The molecule has 0 spiro atoms. The molecule has 1 atom stereocenters. The largest absolute Gasteiger partial charge is 0.489 e. The third-order valence-corrected chi connectivity index (χ3v) is 5.69. The van der Waals surface area contributed by atoms with Crippen molar-refractivity contribution in [2.75, 3.05) is 13.2 Å². The molecule has 0 aliphatic carbocycles. The van der Waals surface area contributed by atoms with Gasteiger partial charge in [0.05, 0.1) is 12.6 Å². The van der Waals surface area contributed by atoms with Gasteiger partial charge in [-0.05, 0) is 65.1 Å². The molecule has 0 radical (unpaired) electrons. The molecule has 0 saturated heterocycles. The summed E-state index contributed by atoms with van der Waals surface area (Å²) in [7, 11) is 0. The molecule has 1 unspecified atom stereocenters. The number of rotatable bonds is 10. The van der Waals surface area contributed by atoms with Crippen LogP contribution >= 0.6 is 0 Å². The number of ether oxygens (including phenoxy) is 1. The molecule has 0 fully saturated rings. The zero-order valence-electron chi connectivity index (χ0n) is 20.1. The maximum Gasteiger partial charge on any atom is 0.440 e. The number of H-pyrrole nitrogens is 1. The van der Waals surface area contributed by atoms with Crippen molar-refractivity contribution in [2.24, 2.45) is 0 Å². The van der Waals surface area contributed by atoms with Crippen LogP contribution in [-0.4, -0.2) is 40.1 Å². The lowest BCUT2D eigenvalue weighted by molar-refractivity contribution is 0.0895. The lowest BCUT2D eigenvalue weighted by atomic mass is 9.97. The minimum absolute atomic E-state index is 0.124. The Morgan fingerprint density at radius 1 is 1.11 bits per heavy atom. The standard InChI is InChI=1S/C27H26FN3O6/c1-17-11-21(25(33)29-14-22(32)13-28)7-10-24(17)20-4-2-3-19(12-20)16-36-23-8-5-18(6-9-23)15-31-26(34)30-27(35)37-31/h2-12,22,32H,13-16H2,1H3,(H,29,33)(H,30,34,35). The van der Waals surface area contributed by atoms with Crippen LogP contribution < -0.4 is 21.5 Å². The Morgan fingerprint density at radius 3 is 2.57 bits per heavy atom. The SMILES string of the molecule is Cc1cc(C(=O)NCC(O)CF)ccc1-c1cccc(COc2ccc(Cn3oc(=O)[nH]c3=O)cc2)c1. The van der Waals surface area contributed by atoms with E-state index in [0.717, 1.165) is 32.6 Å². The number of aromatic nitrogens is 2. The van der Waals surface area contributed by atoms with Gasteiger partial charge in [-0.15, -0.1) is 4.74 Å². The van der Waals surface area contributed by atoms with E-state index in [-0.39, 0.29) is 19.0 Å². The van der Waals surface area contributed by atoms with Crippen molar-refractivity contribution in [2.45, 2.75) is 26.2 Å². The summed E-state index contributed by atoms with van der Waals surface area (Å²) in [5, 5.41) is 11.8. The van der Waals surface area contributed by atoms with Gasteiger partial charge in [-0.3, -0.25) is 4.79 Å². The topological polar surface area (TPSA) is 127 Å². The molecule has 1 amide bonds. The molecule has 10 heteroatoms. The summed E-state index contributed by atoms with van der Waals surface area (Å²) in [4.78, 5) is 37.0. The van der Waals surface area contributed by atoms with Crippen LogP contribution in [0, 0.1) is 6.92 Å². The average Bonchev–Trinajstić information content (AvgIpc) is 3.22. The van der Waals surface area contributed by atoms with Gasteiger partial charge in [0.15, 0.2) is 0 Å². The van der Waals surface area contributed by atoms with E-state index in [1.54, 1.807) is 36.4 Å². The monoisotopic (exact) mass is 507 g/mol. The number of aryl methyl sites for hydroxylation is 1. The summed E-state index contributed by atoms with van der Waals surface area (Å²) in [6.45, 7) is 1.29. The number of carbonyl (C=O) groups excluding carboxylic acids is 1. The highest BCUT2D eigenvalue weighted by molar-refractivity contribution is 5.95. The van der Waals surface area contributed by atoms with Gasteiger partial charge in [0.1, 0.15) is 19.0 Å². The van der Waals surface area contributed by atoms with Crippen LogP contribution in [-0.2, 0) is 13.2 Å². The Morgan fingerprint density at radius 2 is 1.89 bits per heavy atom.